The fourth-order valence-corrected chi connectivity index (χ4v) is 1.66. The molecule has 4 nitrogen and oxygen atoms in total. The number of likely N-dealkylation sites (tertiary alicyclic amines) is 1. The molecule has 1 saturated heterocycles. The van der Waals surface area contributed by atoms with Gasteiger partial charge >= 0.3 is 0 Å². The molecule has 0 aromatic heterocycles. The highest BCUT2D eigenvalue weighted by Gasteiger charge is 2.21. The summed E-state index contributed by atoms with van der Waals surface area (Å²) in [6, 6.07) is 1.88. The fourth-order valence-electron chi connectivity index (χ4n) is 1.66. The third-order valence-corrected chi connectivity index (χ3v) is 2.44. The summed E-state index contributed by atoms with van der Waals surface area (Å²) in [7, 11) is 0. The summed E-state index contributed by atoms with van der Waals surface area (Å²) < 4.78 is 0. The number of nitriles is 1. The molecule has 1 rings (SSSR count). The van der Waals surface area contributed by atoms with E-state index in [2.05, 4.69) is 0 Å². The predicted molar refractivity (Wildman–Crippen MR) is 48.6 cm³/mol. The van der Waals surface area contributed by atoms with Crippen LogP contribution in [-0.2, 0) is 4.79 Å². The summed E-state index contributed by atoms with van der Waals surface area (Å²) in [4.78, 5) is 13.1. The lowest BCUT2D eigenvalue weighted by atomic mass is 9.98. The van der Waals surface area contributed by atoms with Crippen molar-refractivity contribution in [3.63, 3.8) is 0 Å². The van der Waals surface area contributed by atoms with Crippen LogP contribution < -0.4 is 5.73 Å². The Morgan fingerprint density at radius 1 is 1.69 bits per heavy atom. The zero-order chi connectivity index (χ0) is 9.68. The van der Waals surface area contributed by atoms with Crippen molar-refractivity contribution in [1.82, 2.24) is 4.90 Å². The van der Waals surface area contributed by atoms with Gasteiger partial charge in [-0.1, -0.05) is 0 Å². The molecule has 0 aromatic carbocycles. The van der Waals surface area contributed by atoms with Gasteiger partial charge in [0, 0.05) is 13.1 Å². The second-order valence-electron chi connectivity index (χ2n) is 3.42. The Labute approximate surface area is 78.3 Å². The number of rotatable bonds is 2. The van der Waals surface area contributed by atoms with Crippen molar-refractivity contribution >= 4 is 5.91 Å². The number of amides is 1. The SMILES string of the molecule is N#CCC(=O)N1CCC[C@@H](CN)C1. The van der Waals surface area contributed by atoms with E-state index in [-0.39, 0.29) is 12.3 Å². The number of hydrogen-bond acceptors (Lipinski definition) is 3. The van der Waals surface area contributed by atoms with Crippen LogP contribution in [0.3, 0.4) is 0 Å². The van der Waals surface area contributed by atoms with Gasteiger partial charge in [0.15, 0.2) is 0 Å². The number of carbonyl (C=O) groups is 1. The largest absolute Gasteiger partial charge is 0.341 e. The van der Waals surface area contributed by atoms with E-state index in [1.807, 2.05) is 6.07 Å². The molecule has 2 N–H and O–H groups in total. The van der Waals surface area contributed by atoms with E-state index in [1.54, 1.807) is 4.90 Å². The first-order valence-electron chi connectivity index (χ1n) is 4.62. The minimum absolute atomic E-state index is 0.00269. The summed E-state index contributed by atoms with van der Waals surface area (Å²) in [6.45, 7) is 2.16. The number of carbonyl (C=O) groups excluding carboxylic acids is 1. The number of piperidine rings is 1. The Morgan fingerprint density at radius 2 is 2.46 bits per heavy atom. The molecule has 1 fully saturated rings. The van der Waals surface area contributed by atoms with Gasteiger partial charge in [-0.25, -0.2) is 0 Å². The second-order valence-corrected chi connectivity index (χ2v) is 3.42. The standard InChI is InChI=1S/C9H15N3O/c10-4-3-9(13)12-5-1-2-8(6-11)7-12/h8H,1-3,5-7,11H2/t8-/m0/s1. The molecule has 4 heteroatoms. The van der Waals surface area contributed by atoms with Crippen LogP contribution in [-0.4, -0.2) is 30.4 Å². The molecule has 0 aliphatic carbocycles. The molecule has 0 saturated carbocycles. The normalized spacial score (nSPS) is 22.5. The molecule has 72 valence electrons. The molecule has 1 aliphatic heterocycles. The van der Waals surface area contributed by atoms with Gasteiger partial charge in [0.05, 0.1) is 6.07 Å². The maximum atomic E-state index is 11.3. The topological polar surface area (TPSA) is 70.1 Å². The van der Waals surface area contributed by atoms with Crippen LogP contribution in [0, 0.1) is 17.2 Å². The molecule has 0 aromatic rings. The first-order chi connectivity index (χ1) is 6.27. The van der Waals surface area contributed by atoms with Gasteiger partial charge in [-0.15, -0.1) is 0 Å². The number of hydrogen-bond donors (Lipinski definition) is 1. The highest BCUT2D eigenvalue weighted by molar-refractivity contribution is 5.78. The van der Waals surface area contributed by atoms with Crippen molar-refractivity contribution in [2.24, 2.45) is 11.7 Å². The minimum Gasteiger partial charge on any atom is -0.341 e. The maximum Gasteiger partial charge on any atom is 0.236 e. The zero-order valence-corrected chi connectivity index (χ0v) is 7.70. The third-order valence-electron chi connectivity index (χ3n) is 2.44. The third kappa shape index (κ3) is 2.71. The highest BCUT2D eigenvalue weighted by Crippen LogP contribution is 2.15. The average molecular weight is 181 g/mol. The Kier molecular flexibility index (Phi) is 3.71. The van der Waals surface area contributed by atoms with Gasteiger partial charge in [0.25, 0.3) is 0 Å². The fraction of sp³-hybridized carbons (Fsp3) is 0.778. The molecule has 0 unspecified atom stereocenters. The van der Waals surface area contributed by atoms with E-state index < -0.39 is 0 Å². The molecule has 1 atom stereocenters. The van der Waals surface area contributed by atoms with Crippen molar-refractivity contribution in [2.45, 2.75) is 19.3 Å². The molecule has 0 radical (unpaired) electrons. The molecule has 1 heterocycles. The predicted octanol–water partition coefficient (Wildman–Crippen LogP) is 0.0974. The number of nitrogens with two attached hydrogens (primary N) is 1. The first kappa shape index (κ1) is 10.0. The maximum absolute atomic E-state index is 11.3. The lowest BCUT2D eigenvalue weighted by Crippen LogP contribution is -2.41. The van der Waals surface area contributed by atoms with Crippen molar-refractivity contribution in [3.8, 4) is 6.07 Å². The van der Waals surface area contributed by atoms with Crippen LogP contribution in [0.25, 0.3) is 0 Å². The number of nitrogens with zero attached hydrogens (tertiary/aromatic N) is 2. The first-order valence-corrected chi connectivity index (χ1v) is 4.62. The quantitative estimate of drug-likeness (QED) is 0.656. The molecule has 1 amide bonds. The Hall–Kier alpha value is -1.08. The summed E-state index contributed by atoms with van der Waals surface area (Å²) in [5, 5.41) is 8.37. The Morgan fingerprint density at radius 3 is 3.08 bits per heavy atom. The van der Waals surface area contributed by atoms with E-state index in [4.69, 9.17) is 11.0 Å². The van der Waals surface area contributed by atoms with Crippen LogP contribution >= 0.6 is 0 Å². The van der Waals surface area contributed by atoms with E-state index >= 15 is 0 Å². The van der Waals surface area contributed by atoms with Gasteiger partial charge < -0.3 is 10.6 Å². The summed E-state index contributed by atoms with van der Waals surface area (Å²) in [5.74, 6) is 0.372. The van der Waals surface area contributed by atoms with Crippen LogP contribution in [0.5, 0.6) is 0 Å². The van der Waals surface area contributed by atoms with Crippen LogP contribution in [0.15, 0.2) is 0 Å². The molecule has 13 heavy (non-hydrogen) atoms. The lowest BCUT2D eigenvalue weighted by Gasteiger charge is -2.31. The van der Waals surface area contributed by atoms with E-state index in [1.165, 1.54) is 0 Å². The van der Waals surface area contributed by atoms with Crippen molar-refractivity contribution in [3.05, 3.63) is 0 Å². The average Bonchev–Trinajstić information content (AvgIpc) is 2.18. The molecule has 0 bridgehead atoms. The van der Waals surface area contributed by atoms with Gasteiger partial charge in [-0.05, 0) is 25.3 Å². The minimum atomic E-state index is -0.0550. The molecule has 0 spiro atoms. The lowest BCUT2D eigenvalue weighted by molar-refractivity contribution is -0.131. The summed E-state index contributed by atoms with van der Waals surface area (Å²) >= 11 is 0. The van der Waals surface area contributed by atoms with Crippen molar-refractivity contribution in [1.29, 1.82) is 5.26 Å². The Balaban J connectivity index is 2.42. The van der Waals surface area contributed by atoms with E-state index in [0.29, 0.717) is 12.5 Å². The van der Waals surface area contributed by atoms with Crippen molar-refractivity contribution < 1.29 is 4.79 Å². The molecular weight excluding hydrogens is 166 g/mol. The van der Waals surface area contributed by atoms with Gasteiger partial charge in [-0.3, -0.25) is 4.79 Å². The van der Waals surface area contributed by atoms with Gasteiger partial charge in [0.1, 0.15) is 6.42 Å². The van der Waals surface area contributed by atoms with Crippen LogP contribution in [0.1, 0.15) is 19.3 Å². The van der Waals surface area contributed by atoms with Gasteiger partial charge in [0.2, 0.25) is 5.91 Å². The van der Waals surface area contributed by atoms with Gasteiger partial charge in [-0.2, -0.15) is 5.26 Å². The summed E-state index contributed by atoms with van der Waals surface area (Å²) in [5.41, 5.74) is 5.54. The Bertz CT molecular complexity index is 221. The molecular formula is C9H15N3O. The smallest absolute Gasteiger partial charge is 0.236 e. The van der Waals surface area contributed by atoms with Crippen LogP contribution in [0.2, 0.25) is 0 Å². The van der Waals surface area contributed by atoms with Crippen molar-refractivity contribution in [2.75, 3.05) is 19.6 Å². The summed E-state index contributed by atoms with van der Waals surface area (Å²) in [6.07, 6.45) is 2.11. The second kappa shape index (κ2) is 4.83. The van der Waals surface area contributed by atoms with E-state index in [0.717, 1.165) is 25.9 Å². The monoisotopic (exact) mass is 181 g/mol. The zero-order valence-electron chi connectivity index (χ0n) is 7.70. The van der Waals surface area contributed by atoms with E-state index in [9.17, 15) is 4.79 Å². The highest BCUT2D eigenvalue weighted by atomic mass is 16.2. The molecule has 1 aliphatic rings. The van der Waals surface area contributed by atoms with Crippen LogP contribution in [0.4, 0.5) is 0 Å².